The maximum Gasteiger partial charge on any atom is 0.0783 e. The van der Waals surface area contributed by atoms with Crippen LogP contribution in [-0.4, -0.2) is 24.3 Å². The van der Waals surface area contributed by atoms with Crippen molar-refractivity contribution in [2.24, 2.45) is 0 Å². The van der Waals surface area contributed by atoms with Gasteiger partial charge in [-0.2, -0.15) is 0 Å². The molecule has 0 unspecified atom stereocenters. The highest BCUT2D eigenvalue weighted by atomic mass is 16.5. The molecule has 0 heterocycles. The van der Waals surface area contributed by atoms with Gasteiger partial charge in [0.15, 0.2) is 0 Å². The SMILES string of the molecule is CCCCCCCC[N+]([O-])(CCCCCCCC)CCCCCCCC. The van der Waals surface area contributed by atoms with Crippen LogP contribution in [0.3, 0.4) is 0 Å². The number of unbranched alkanes of at least 4 members (excludes halogenated alkanes) is 15. The van der Waals surface area contributed by atoms with Gasteiger partial charge in [0.1, 0.15) is 0 Å². The van der Waals surface area contributed by atoms with Crippen molar-refractivity contribution in [3.8, 4) is 0 Å². The molecule has 0 atom stereocenters. The van der Waals surface area contributed by atoms with E-state index in [1.807, 2.05) is 0 Å². The fourth-order valence-corrected chi connectivity index (χ4v) is 3.88. The molecule has 0 aliphatic heterocycles. The average molecular weight is 370 g/mol. The minimum absolute atomic E-state index is 0.106. The molecule has 2 heteroatoms. The number of rotatable bonds is 21. The summed E-state index contributed by atoms with van der Waals surface area (Å²) in [4.78, 5) is 0. The van der Waals surface area contributed by atoms with Crippen molar-refractivity contribution in [3.05, 3.63) is 5.21 Å². The van der Waals surface area contributed by atoms with Crippen molar-refractivity contribution in [2.45, 2.75) is 136 Å². The maximum absolute atomic E-state index is 13.3. The van der Waals surface area contributed by atoms with Gasteiger partial charge in [0.05, 0.1) is 19.6 Å². The lowest BCUT2D eigenvalue weighted by Crippen LogP contribution is -2.44. The zero-order valence-corrected chi connectivity index (χ0v) is 18.7. The fraction of sp³-hybridized carbons (Fsp3) is 1.00. The quantitative estimate of drug-likeness (QED) is 0.113. The molecule has 0 aromatic carbocycles. The van der Waals surface area contributed by atoms with Crippen molar-refractivity contribution in [1.82, 2.24) is 0 Å². The second kappa shape index (κ2) is 19.7. The molecule has 0 radical (unpaired) electrons. The highest BCUT2D eigenvalue weighted by molar-refractivity contribution is 4.53. The van der Waals surface area contributed by atoms with Gasteiger partial charge in [0, 0.05) is 0 Å². The van der Waals surface area contributed by atoms with Gasteiger partial charge in [0.25, 0.3) is 0 Å². The van der Waals surface area contributed by atoms with Crippen molar-refractivity contribution in [1.29, 1.82) is 0 Å². The van der Waals surface area contributed by atoms with Gasteiger partial charge in [-0.25, -0.2) is 0 Å². The zero-order valence-electron chi connectivity index (χ0n) is 18.7. The normalized spacial score (nSPS) is 12.0. The van der Waals surface area contributed by atoms with Gasteiger partial charge < -0.3 is 9.85 Å². The van der Waals surface area contributed by atoms with Gasteiger partial charge in [-0.3, -0.25) is 0 Å². The van der Waals surface area contributed by atoms with E-state index in [0.717, 1.165) is 38.9 Å². The Kier molecular flexibility index (Phi) is 19.6. The van der Waals surface area contributed by atoms with Crippen molar-refractivity contribution in [3.63, 3.8) is 0 Å². The first-order valence-corrected chi connectivity index (χ1v) is 12.3. The van der Waals surface area contributed by atoms with Crippen molar-refractivity contribution < 1.29 is 4.65 Å². The molecule has 0 fully saturated rings. The second-order valence-corrected chi connectivity index (χ2v) is 8.53. The third-order valence-electron chi connectivity index (χ3n) is 5.76. The van der Waals surface area contributed by atoms with E-state index in [2.05, 4.69) is 20.8 Å². The van der Waals surface area contributed by atoms with Gasteiger partial charge in [-0.1, -0.05) is 97.8 Å². The lowest BCUT2D eigenvalue weighted by atomic mass is 10.1. The Balaban J connectivity index is 4.02. The Morgan fingerprint density at radius 2 is 0.615 bits per heavy atom. The first kappa shape index (κ1) is 25.9. The second-order valence-electron chi connectivity index (χ2n) is 8.53. The summed E-state index contributed by atoms with van der Waals surface area (Å²) in [6, 6.07) is 0. The van der Waals surface area contributed by atoms with Crippen molar-refractivity contribution in [2.75, 3.05) is 19.6 Å². The summed E-state index contributed by atoms with van der Waals surface area (Å²) in [7, 11) is 0. The van der Waals surface area contributed by atoms with Crippen LogP contribution in [0.2, 0.25) is 0 Å². The standard InChI is InChI=1S/C24H51NO/c1-4-7-10-13-16-19-22-25(26,23-20-17-14-11-8-5-2)24-21-18-15-12-9-6-3/h4-24H2,1-3H3. The smallest absolute Gasteiger partial charge is 0.0783 e. The summed E-state index contributed by atoms with van der Waals surface area (Å²) >= 11 is 0. The molecule has 0 saturated heterocycles. The van der Waals surface area contributed by atoms with E-state index in [-0.39, 0.29) is 4.65 Å². The number of nitrogens with zero attached hydrogens (tertiary/aromatic N) is 1. The minimum Gasteiger partial charge on any atom is -0.633 e. The van der Waals surface area contributed by atoms with E-state index >= 15 is 0 Å². The van der Waals surface area contributed by atoms with Crippen LogP contribution in [0, 0.1) is 5.21 Å². The van der Waals surface area contributed by atoms with Crippen molar-refractivity contribution >= 4 is 0 Å². The van der Waals surface area contributed by atoms with Gasteiger partial charge in [0.2, 0.25) is 0 Å². The summed E-state index contributed by atoms with van der Waals surface area (Å²) in [6.45, 7) is 9.41. The Hall–Kier alpha value is -0.0800. The monoisotopic (exact) mass is 369 g/mol. The summed E-state index contributed by atoms with van der Waals surface area (Å²) in [5.74, 6) is 0. The predicted molar refractivity (Wildman–Crippen MR) is 118 cm³/mol. The molecule has 0 N–H and O–H groups in total. The van der Waals surface area contributed by atoms with Crippen LogP contribution in [0.15, 0.2) is 0 Å². The fourth-order valence-electron chi connectivity index (χ4n) is 3.88. The molecule has 158 valence electrons. The first-order valence-electron chi connectivity index (χ1n) is 12.3. The highest BCUT2D eigenvalue weighted by Gasteiger charge is 2.15. The summed E-state index contributed by atoms with van der Waals surface area (Å²) < 4.78 is 0.106. The molecule has 26 heavy (non-hydrogen) atoms. The molecule has 0 bridgehead atoms. The van der Waals surface area contributed by atoms with Crippen LogP contribution in [0.1, 0.15) is 136 Å². The first-order chi connectivity index (χ1) is 12.7. The molecular formula is C24H51NO. The average Bonchev–Trinajstić information content (AvgIpc) is 2.64. The Labute approximate surface area is 166 Å². The summed E-state index contributed by atoms with van der Waals surface area (Å²) in [5.41, 5.74) is 0. The number of quaternary nitrogens is 1. The van der Waals surface area contributed by atoms with Gasteiger partial charge >= 0.3 is 0 Å². The molecule has 2 nitrogen and oxygen atoms in total. The molecule has 0 aromatic heterocycles. The van der Waals surface area contributed by atoms with Crippen LogP contribution in [0.5, 0.6) is 0 Å². The topological polar surface area (TPSA) is 23.1 Å². The number of hydrogen-bond donors (Lipinski definition) is 0. The molecule has 0 rings (SSSR count). The molecule has 0 aromatic rings. The van der Waals surface area contributed by atoms with Crippen LogP contribution in [0.4, 0.5) is 0 Å². The number of hydrogen-bond acceptors (Lipinski definition) is 1. The number of hydroxylamine groups is 3. The van der Waals surface area contributed by atoms with E-state index in [0.29, 0.717) is 0 Å². The van der Waals surface area contributed by atoms with Crippen LogP contribution < -0.4 is 0 Å². The summed E-state index contributed by atoms with van der Waals surface area (Å²) in [5, 5.41) is 13.3. The minimum atomic E-state index is 0.106. The zero-order chi connectivity index (χ0) is 19.3. The van der Waals surface area contributed by atoms with Gasteiger partial charge in [-0.15, -0.1) is 0 Å². The Morgan fingerprint density at radius 1 is 0.385 bits per heavy atom. The maximum atomic E-state index is 13.3. The van der Waals surface area contributed by atoms with E-state index in [9.17, 15) is 5.21 Å². The Bertz CT molecular complexity index is 226. The van der Waals surface area contributed by atoms with E-state index in [4.69, 9.17) is 0 Å². The molecule has 0 amide bonds. The lowest BCUT2D eigenvalue weighted by molar-refractivity contribution is -0.881. The van der Waals surface area contributed by atoms with Crippen LogP contribution >= 0.6 is 0 Å². The summed E-state index contributed by atoms with van der Waals surface area (Å²) in [6.07, 6.45) is 23.2. The molecule has 0 saturated carbocycles. The van der Waals surface area contributed by atoms with Crippen LogP contribution in [-0.2, 0) is 0 Å². The van der Waals surface area contributed by atoms with Crippen LogP contribution in [0.25, 0.3) is 0 Å². The molecule has 0 aliphatic rings. The third-order valence-corrected chi connectivity index (χ3v) is 5.76. The van der Waals surface area contributed by atoms with Gasteiger partial charge in [-0.05, 0) is 38.5 Å². The predicted octanol–water partition coefficient (Wildman–Crippen LogP) is 8.38. The molecular weight excluding hydrogens is 318 g/mol. The van der Waals surface area contributed by atoms with E-state index in [1.165, 1.54) is 96.3 Å². The molecule has 0 spiro atoms. The molecule has 0 aliphatic carbocycles. The third kappa shape index (κ3) is 17.3. The lowest BCUT2D eigenvalue weighted by Gasteiger charge is -2.43. The Morgan fingerprint density at radius 3 is 0.885 bits per heavy atom. The highest BCUT2D eigenvalue weighted by Crippen LogP contribution is 2.17. The van der Waals surface area contributed by atoms with E-state index in [1.54, 1.807) is 0 Å². The largest absolute Gasteiger partial charge is 0.633 e. The van der Waals surface area contributed by atoms with E-state index < -0.39 is 0 Å².